The minimum absolute atomic E-state index is 0.274. The number of nitrogen functional groups attached to an aromatic ring is 1. The van der Waals surface area contributed by atoms with Gasteiger partial charge in [0.25, 0.3) is 5.91 Å². The van der Waals surface area contributed by atoms with Crippen LogP contribution < -0.4 is 15.9 Å². The van der Waals surface area contributed by atoms with Gasteiger partial charge in [-0.25, -0.2) is 9.82 Å². The van der Waals surface area contributed by atoms with E-state index in [-0.39, 0.29) is 11.7 Å². The lowest BCUT2D eigenvalue weighted by atomic mass is 10.2. The smallest absolute Gasteiger partial charge is 0.273 e. The molecule has 3 aromatic carbocycles. The maximum absolute atomic E-state index is 12.9. The van der Waals surface area contributed by atoms with Gasteiger partial charge in [0, 0.05) is 5.69 Å². The predicted octanol–water partition coefficient (Wildman–Crippen LogP) is 3.75. The average Bonchev–Trinajstić information content (AvgIpc) is 2.69. The van der Waals surface area contributed by atoms with Crippen molar-refractivity contribution in [1.29, 1.82) is 0 Å². The molecule has 0 aliphatic rings. The lowest BCUT2D eigenvalue weighted by Gasteiger charge is -2.06. The van der Waals surface area contributed by atoms with E-state index in [9.17, 15) is 9.18 Å². The number of nitrogens with zero attached hydrogens (tertiary/aromatic N) is 1. The largest absolute Gasteiger partial charge is 0.489 e. The summed E-state index contributed by atoms with van der Waals surface area (Å²) in [5.41, 5.74) is 10.6. The van der Waals surface area contributed by atoms with Crippen molar-refractivity contribution in [1.82, 2.24) is 5.43 Å². The van der Waals surface area contributed by atoms with E-state index in [0.717, 1.165) is 11.1 Å². The molecule has 5 nitrogen and oxygen atoms in total. The fraction of sp³-hybridized carbons (Fsp3) is 0.0476. The Labute approximate surface area is 156 Å². The monoisotopic (exact) mass is 363 g/mol. The Morgan fingerprint density at radius 1 is 1.04 bits per heavy atom. The number of para-hydroxylation sites is 1. The van der Waals surface area contributed by atoms with E-state index in [2.05, 4.69) is 10.5 Å². The zero-order chi connectivity index (χ0) is 19.1. The second kappa shape index (κ2) is 8.62. The number of hydrogen-bond acceptors (Lipinski definition) is 4. The quantitative estimate of drug-likeness (QED) is 0.398. The number of nitrogens with one attached hydrogen (secondary N) is 1. The summed E-state index contributed by atoms with van der Waals surface area (Å²) >= 11 is 0. The highest BCUT2D eigenvalue weighted by molar-refractivity contribution is 5.99. The topological polar surface area (TPSA) is 76.7 Å². The van der Waals surface area contributed by atoms with Crippen molar-refractivity contribution in [2.75, 3.05) is 5.73 Å². The first-order valence-corrected chi connectivity index (χ1v) is 8.27. The second-order valence-electron chi connectivity index (χ2n) is 5.77. The Morgan fingerprint density at radius 3 is 2.44 bits per heavy atom. The zero-order valence-electron chi connectivity index (χ0n) is 14.4. The summed E-state index contributed by atoms with van der Waals surface area (Å²) in [6, 6.07) is 20.1. The highest BCUT2D eigenvalue weighted by atomic mass is 19.1. The molecule has 0 unspecified atom stereocenters. The molecule has 0 fully saturated rings. The summed E-state index contributed by atoms with van der Waals surface area (Å²) in [6.45, 7) is 0.349. The molecule has 0 aliphatic carbocycles. The van der Waals surface area contributed by atoms with Crippen molar-refractivity contribution in [2.24, 2.45) is 5.10 Å². The highest BCUT2D eigenvalue weighted by Crippen LogP contribution is 2.14. The summed E-state index contributed by atoms with van der Waals surface area (Å²) in [6.07, 6.45) is 1.53. The lowest BCUT2D eigenvalue weighted by molar-refractivity contribution is 0.0956. The zero-order valence-corrected chi connectivity index (χ0v) is 14.4. The van der Waals surface area contributed by atoms with Crippen LogP contribution in [0.1, 0.15) is 21.5 Å². The summed E-state index contributed by atoms with van der Waals surface area (Å²) in [4.78, 5) is 12.0. The van der Waals surface area contributed by atoms with Crippen LogP contribution in [0.3, 0.4) is 0 Å². The highest BCUT2D eigenvalue weighted by Gasteiger charge is 2.06. The van der Waals surface area contributed by atoms with E-state index in [1.54, 1.807) is 48.5 Å². The van der Waals surface area contributed by atoms with E-state index in [1.807, 2.05) is 12.1 Å². The van der Waals surface area contributed by atoms with Crippen LogP contribution in [0.4, 0.5) is 10.1 Å². The Kier molecular flexibility index (Phi) is 5.79. The fourth-order valence-corrected chi connectivity index (χ4v) is 2.33. The summed E-state index contributed by atoms with van der Waals surface area (Å²) < 4.78 is 18.5. The van der Waals surface area contributed by atoms with Gasteiger partial charge in [-0.15, -0.1) is 0 Å². The normalized spacial score (nSPS) is 10.7. The first-order valence-electron chi connectivity index (χ1n) is 8.27. The van der Waals surface area contributed by atoms with Crippen molar-refractivity contribution in [2.45, 2.75) is 6.61 Å². The third-order valence-corrected chi connectivity index (χ3v) is 3.78. The summed E-state index contributed by atoms with van der Waals surface area (Å²) in [7, 11) is 0. The molecule has 0 saturated heterocycles. The third kappa shape index (κ3) is 5.15. The fourth-order valence-electron chi connectivity index (χ4n) is 2.33. The van der Waals surface area contributed by atoms with Crippen molar-refractivity contribution < 1.29 is 13.9 Å². The standard InChI is InChI=1S/C21H18FN3O2/c22-17-9-5-16(6-10-17)14-27-18-11-7-15(8-12-18)13-24-25-21(26)19-3-1-2-4-20(19)23/h1-13H,14,23H2,(H,25,26)/b24-13+. The number of anilines is 1. The van der Waals surface area contributed by atoms with E-state index in [4.69, 9.17) is 10.5 Å². The number of amides is 1. The molecule has 0 saturated carbocycles. The van der Waals surface area contributed by atoms with Crippen LogP contribution in [-0.4, -0.2) is 12.1 Å². The van der Waals surface area contributed by atoms with Gasteiger partial charge in [0.2, 0.25) is 0 Å². The number of hydrogen-bond donors (Lipinski definition) is 2. The SMILES string of the molecule is Nc1ccccc1C(=O)N/N=C/c1ccc(OCc2ccc(F)cc2)cc1. The van der Waals surface area contributed by atoms with Gasteiger partial charge < -0.3 is 10.5 Å². The van der Waals surface area contributed by atoms with Crippen LogP contribution in [0.2, 0.25) is 0 Å². The molecule has 3 rings (SSSR count). The molecule has 0 heterocycles. The number of carbonyl (C=O) groups excluding carboxylic acids is 1. The van der Waals surface area contributed by atoms with E-state index in [1.165, 1.54) is 18.3 Å². The average molecular weight is 363 g/mol. The molecule has 0 aliphatic heterocycles. The van der Waals surface area contributed by atoms with Gasteiger partial charge in [0.05, 0.1) is 11.8 Å². The molecule has 1 amide bonds. The number of carbonyl (C=O) groups is 1. The van der Waals surface area contributed by atoms with Crippen LogP contribution in [0.5, 0.6) is 5.75 Å². The summed E-state index contributed by atoms with van der Waals surface area (Å²) in [5.74, 6) is 0.0330. The van der Waals surface area contributed by atoms with Crippen LogP contribution in [0, 0.1) is 5.82 Å². The molecule has 136 valence electrons. The minimum Gasteiger partial charge on any atom is -0.489 e. The van der Waals surface area contributed by atoms with E-state index < -0.39 is 0 Å². The maximum Gasteiger partial charge on any atom is 0.273 e. The molecular formula is C21H18FN3O2. The molecule has 0 bridgehead atoms. The molecule has 27 heavy (non-hydrogen) atoms. The second-order valence-corrected chi connectivity index (χ2v) is 5.77. The first kappa shape index (κ1) is 18.1. The first-order chi connectivity index (χ1) is 13.1. The van der Waals surface area contributed by atoms with Gasteiger partial charge in [-0.2, -0.15) is 5.10 Å². The molecule has 0 spiro atoms. The Morgan fingerprint density at radius 2 is 1.74 bits per heavy atom. The van der Waals surface area contributed by atoms with Crippen molar-refractivity contribution in [3.63, 3.8) is 0 Å². The number of ether oxygens (including phenoxy) is 1. The molecule has 3 aromatic rings. The molecule has 6 heteroatoms. The molecule has 3 N–H and O–H groups in total. The molecular weight excluding hydrogens is 345 g/mol. The van der Waals surface area contributed by atoms with Crippen molar-refractivity contribution in [3.8, 4) is 5.75 Å². The van der Waals surface area contributed by atoms with Crippen molar-refractivity contribution in [3.05, 3.63) is 95.3 Å². The summed E-state index contributed by atoms with van der Waals surface area (Å²) in [5, 5.41) is 3.93. The third-order valence-electron chi connectivity index (χ3n) is 3.78. The van der Waals surface area contributed by atoms with Gasteiger partial charge in [-0.3, -0.25) is 4.79 Å². The number of halogens is 1. The molecule has 0 atom stereocenters. The lowest BCUT2D eigenvalue weighted by Crippen LogP contribution is -2.18. The van der Waals surface area contributed by atoms with Crippen molar-refractivity contribution >= 4 is 17.8 Å². The number of nitrogens with two attached hydrogens (primary N) is 1. The van der Waals surface area contributed by atoms with Crippen LogP contribution in [0.25, 0.3) is 0 Å². The van der Waals surface area contributed by atoms with E-state index >= 15 is 0 Å². The number of hydrazone groups is 1. The van der Waals surface area contributed by atoms with Gasteiger partial charge in [-0.05, 0) is 59.7 Å². The number of rotatable bonds is 6. The predicted molar refractivity (Wildman–Crippen MR) is 103 cm³/mol. The minimum atomic E-state index is -0.372. The Balaban J connectivity index is 1.52. The van der Waals surface area contributed by atoms with Crippen LogP contribution in [-0.2, 0) is 6.61 Å². The van der Waals surface area contributed by atoms with Gasteiger partial charge in [0.15, 0.2) is 0 Å². The molecule has 0 aromatic heterocycles. The van der Waals surface area contributed by atoms with Crippen LogP contribution in [0.15, 0.2) is 77.9 Å². The number of benzene rings is 3. The van der Waals surface area contributed by atoms with Gasteiger partial charge in [0.1, 0.15) is 18.2 Å². The Bertz CT molecular complexity index is 938. The van der Waals surface area contributed by atoms with Crippen LogP contribution >= 0.6 is 0 Å². The van der Waals surface area contributed by atoms with E-state index in [0.29, 0.717) is 23.6 Å². The molecule has 0 radical (unpaired) electrons. The Hall–Kier alpha value is -3.67. The maximum atomic E-state index is 12.9. The van der Waals surface area contributed by atoms with Gasteiger partial charge in [-0.1, -0.05) is 24.3 Å². The van der Waals surface area contributed by atoms with Gasteiger partial charge >= 0.3 is 0 Å².